The van der Waals surface area contributed by atoms with Crippen LogP contribution in [0.4, 0.5) is 0 Å². The van der Waals surface area contributed by atoms with E-state index in [1.54, 1.807) is 0 Å². The number of carbonyl (C=O) groups excluding carboxylic acids is 1. The summed E-state index contributed by atoms with van der Waals surface area (Å²) in [5, 5.41) is 9.72. The van der Waals surface area contributed by atoms with Crippen LogP contribution in [0.1, 0.15) is 18.9 Å². The van der Waals surface area contributed by atoms with Gasteiger partial charge in [0.25, 0.3) is 5.91 Å². The summed E-state index contributed by atoms with van der Waals surface area (Å²) >= 11 is 0. The van der Waals surface area contributed by atoms with Crippen molar-refractivity contribution in [2.45, 2.75) is 18.9 Å². The lowest BCUT2D eigenvalue weighted by Crippen LogP contribution is -2.45. The van der Waals surface area contributed by atoms with Crippen molar-refractivity contribution in [3.8, 4) is 0 Å². The molecular weight excluding hydrogens is 194 g/mol. The number of rotatable bonds is 1. The van der Waals surface area contributed by atoms with E-state index in [1.165, 1.54) is 0 Å². The third kappa shape index (κ3) is 1.86. The van der Waals surface area contributed by atoms with Crippen molar-refractivity contribution < 1.29 is 14.7 Å². The normalized spacial score (nSPS) is 26.8. The van der Waals surface area contributed by atoms with E-state index < -0.39 is 5.60 Å². The highest BCUT2D eigenvalue weighted by atomic mass is 16.6. The van der Waals surface area contributed by atoms with E-state index in [2.05, 4.69) is 0 Å². The molecule has 1 atom stereocenters. The monoisotopic (exact) mass is 207 g/mol. The fourth-order valence-corrected chi connectivity index (χ4v) is 1.68. The van der Waals surface area contributed by atoms with Gasteiger partial charge in [-0.25, -0.2) is 0 Å². The molecule has 0 radical (unpaired) electrons. The Labute approximate surface area is 88.0 Å². The smallest absolute Gasteiger partial charge is 0.251 e. The zero-order valence-electron chi connectivity index (χ0n) is 8.51. The molecule has 1 aromatic carbocycles. The van der Waals surface area contributed by atoms with Crippen molar-refractivity contribution in [3.05, 3.63) is 35.9 Å². The molecule has 4 nitrogen and oxygen atoms in total. The van der Waals surface area contributed by atoms with Crippen molar-refractivity contribution in [1.29, 1.82) is 0 Å². The Balaban J connectivity index is 2.25. The number of ether oxygens (including phenoxy) is 1. The van der Waals surface area contributed by atoms with Crippen molar-refractivity contribution in [1.82, 2.24) is 5.06 Å². The summed E-state index contributed by atoms with van der Waals surface area (Å²) in [6.07, 6.45) is 0.160. The molecule has 2 rings (SSSR count). The van der Waals surface area contributed by atoms with Crippen LogP contribution in [0.5, 0.6) is 0 Å². The Morgan fingerprint density at radius 2 is 2.07 bits per heavy atom. The topological polar surface area (TPSA) is 49.8 Å². The lowest BCUT2D eigenvalue weighted by molar-refractivity contribution is -0.233. The fourth-order valence-electron chi connectivity index (χ4n) is 1.68. The lowest BCUT2D eigenvalue weighted by Gasteiger charge is -2.36. The van der Waals surface area contributed by atoms with Gasteiger partial charge in [0.2, 0.25) is 0 Å². The Morgan fingerprint density at radius 3 is 2.67 bits per heavy atom. The van der Waals surface area contributed by atoms with Crippen LogP contribution in [0.25, 0.3) is 0 Å². The standard InChI is InChI=1S/C11H13NO3/c1-11(9-5-3-2-4-6-9)7-10(13)12(14)8-15-11/h2-6,14H,7-8H2,1H3. The van der Waals surface area contributed by atoms with Gasteiger partial charge in [-0.3, -0.25) is 10.0 Å². The molecule has 80 valence electrons. The number of benzene rings is 1. The molecule has 4 heteroatoms. The summed E-state index contributed by atoms with van der Waals surface area (Å²) < 4.78 is 5.49. The minimum Gasteiger partial charge on any atom is -0.347 e. The minimum atomic E-state index is -0.627. The zero-order valence-corrected chi connectivity index (χ0v) is 8.51. The lowest BCUT2D eigenvalue weighted by atomic mass is 9.91. The van der Waals surface area contributed by atoms with E-state index in [9.17, 15) is 4.79 Å². The number of carbonyl (C=O) groups is 1. The first-order chi connectivity index (χ1) is 7.12. The van der Waals surface area contributed by atoms with Crippen molar-refractivity contribution >= 4 is 5.91 Å². The molecule has 1 unspecified atom stereocenters. The van der Waals surface area contributed by atoms with Crippen LogP contribution in [0.2, 0.25) is 0 Å². The number of hydrogen-bond donors (Lipinski definition) is 1. The maximum absolute atomic E-state index is 11.4. The molecule has 1 aromatic rings. The summed E-state index contributed by atoms with van der Waals surface area (Å²) in [7, 11) is 0. The van der Waals surface area contributed by atoms with E-state index in [0.29, 0.717) is 5.06 Å². The van der Waals surface area contributed by atoms with Crippen molar-refractivity contribution in [2.24, 2.45) is 0 Å². The van der Waals surface area contributed by atoms with Crippen LogP contribution in [-0.2, 0) is 15.1 Å². The molecule has 1 heterocycles. The average molecular weight is 207 g/mol. The number of hydroxylamine groups is 2. The van der Waals surface area contributed by atoms with Gasteiger partial charge in [-0.1, -0.05) is 30.3 Å². The molecule has 1 N–H and O–H groups in total. The summed E-state index contributed by atoms with van der Waals surface area (Å²) in [4.78, 5) is 11.4. The fraction of sp³-hybridized carbons (Fsp3) is 0.364. The van der Waals surface area contributed by atoms with Crippen LogP contribution in [0.15, 0.2) is 30.3 Å². The van der Waals surface area contributed by atoms with Crippen molar-refractivity contribution in [2.75, 3.05) is 6.73 Å². The van der Waals surface area contributed by atoms with Gasteiger partial charge in [0.05, 0.1) is 6.42 Å². The third-order valence-corrected chi connectivity index (χ3v) is 2.67. The second-order valence-corrected chi connectivity index (χ2v) is 3.84. The zero-order chi connectivity index (χ0) is 10.9. The maximum Gasteiger partial charge on any atom is 0.251 e. The number of nitrogens with zero attached hydrogens (tertiary/aromatic N) is 1. The van der Waals surface area contributed by atoms with Crippen molar-refractivity contribution in [3.63, 3.8) is 0 Å². The highest BCUT2D eigenvalue weighted by Gasteiger charge is 2.37. The van der Waals surface area contributed by atoms with Crippen LogP contribution >= 0.6 is 0 Å². The van der Waals surface area contributed by atoms with Crippen LogP contribution in [-0.4, -0.2) is 22.9 Å². The Kier molecular flexibility index (Phi) is 2.46. The van der Waals surface area contributed by atoms with E-state index in [0.717, 1.165) is 5.56 Å². The molecular formula is C11H13NO3. The maximum atomic E-state index is 11.4. The van der Waals surface area contributed by atoms with Gasteiger partial charge >= 0.3 is 0 Å². The largest absolute Gasteiger partial charge is 0.347 e. The van der Waals surface area contributed by atoms with Gasteiger partial charge in [-0.05, 0) is 12.5 Å². The molecule has 1 aliphatic rings. The van der Waals surface area contributed by atoms with Gasteiger partial charge in [0, 0.05) is 0 Å². The molecule has 15 heavy (non-hydrogen) atoms. The number of amides is 1. The Bertz CT molecular complexity index is 365. The summed E-state index contributed by atoms with van der Waals surface area (Å²) in [6, 6.07) is 9.55. The van der Waals surface area contributed by atoms with Gasteiger partial charge in [0.1, 0.15) is 12.3 Å². The van der Waals surface area contributed by atoms with Gasteiger partial charge in [-0.15, -0.1) is 0 Å². The summed E-state index contributed by atoms with van der Waals surface area (Å²) in [6.45, 7) is 1.78. The van der Waals surface area contributed by atoms with E-state index in [4.69, 9.17) is 9.94 Å². The molecule has 0 bridgehead atoms. The highest BCUT2D eigenvalue weighted by Crippen LogP contribution is 2.32. The van der Waals surface area contributed by atoms with Crippen LogP contribution in [0, 0.1) is 0 Å². The van der Waals surface area contributed by atoms with Gasteiger partial charge < -0.3 is 4.74 Å². The van der Waals surface area contributed by atoms with Crippen LogP contribution < -0.4 is 0 Å². The van der Waals surface area contributed by atoms with Gasteiger partial charge in [0.15, 0.2) is 0 Å². The van der Waals surface area contributed by atoms with E-state index in [1.807, 2.05) is 37.3 Å². The quantitative estimate of drug-likeness (QED) is 0.710. The van der Waals surface area contributed by atoms with E-state index >= 15 is 0 Å². The SMILES string of the molecule is CC1(c2ccccc2)CC(=O)N(O)CO1. The van der Waals surface area contributed by atoms with Gasteiger partial charge in [-0.2, -0.15) is 5.06 Å². The molecule has 1 amide bonds. The first-order valence-corrected chi connectivity index (χ1v) is 4.80. The first kappa shape index (κ1) is 10.1. The first-order valence-electron chi connectivity index (χ1n) is 4.80. The van der Waals surface area contributed by atoms with Crippen LogP contribution in [0.3, 0.4) is 0 Å². The molecule has 0 aromatic heterocycles. The third-order valence-electron chi connectivity index (χ3n) is 2.67. The predicted octanol–water partition coefficient (Wildman–Crippen LogP) is 1.50. The molecule has 1 fully saturated rings. The molecule has 0 spiro atoms. The highest BCUT2D eigenvalue weighted by molar-refractivity contribution is 5.76. The molecule has 0 aliphatic carbocycles. The Hall–Kier alpha value is -1.39. The minimum absolute atomic E-state index is 0.0791. The summed E-state index contributed by atoms with van der Waals surface area (Å²) in [5.41, 5.74) is 0.323. The Morgan fingerprint density at radius 1 is 1.40 bits per heavy atom. The summed E-state index contributed by atoms with van der Waals surface area (Å²) in [5.74, 6) is -0.312. The number of hydrogen-bond acceptors (Lipinski definition) is 3. The second kappa shape index (κ2) is 3.64. The molecule has 1 aliphatic heterocycles. The molecule has 1 saturated heterocycles. The second-order valence-electron chi connectivity index (χ2n) is 3.84. The van der Waals surface area contributed by atoms with E-state index in [-0.39, 0.29) is 19.1 Å². The average Bonchev–Trinajstić information content (AvgIpc) is 2.26. The molecule has 0 saturated carbocycles. The predicted molar refractivity (Wildman–Crippen MR) is 53.0 cm³/mol.